The van der Waals surface area contributed by atoms with Crippen LogP contribution in [0.25, 0.3) is 0 Å². The van der Waals surface area contributed by atoms with Gasteiger partial charge in [-0.05, 0) is 104 Å². The van der Waals surface area contributed by atoms with E-state index in [0.29, 0.717) is 16.2 Å². The second kappa shape index (κ2) is 9.31. The van der Waals surface area contributed by atoms with Crippen LogP contribution < -0.4 is 0 Å². The number of unbranched alkanes of at least 4 members (excludes halogenated alkanes) is 1. The molecule has 7 unspecified atom stereocenters. The molecule has 0 aromatic rings. The van der Waals surface area contributed by atoms with Gasteiger partial charge in [-0.2, -0.15) is 0 Å². The van der Waals surface area contributed by atoms with Crippen LogP contribution in [0.2, 0.25) is 0 Å². The Bertz CT molecular complexity index is 599. The number of rotatable bonds is 5. The van der Waals surface area contributed by atoms with E-state index in [1.165, 1.54) is 77.0 Å². The molecular formula is C30H54. The highest BCUT2D eigenvalue weighted by molar-refractivity contribution is 5.26. The lowest BCUT2D eigenvalue weighted by Crippen LogP contribution is -2.54. The maximum Gasteiger partial charge on any atom is -0.00850 e. The third-order valence-electron chi connectivity index (χ3n) is 11.0. The Balaban J connectivity index is 0.00000124. The van der Waals surface area contributed by atoms with Gasteiger partial charge in [0.1, 0.15) is 0 Å². The van der Waals surface area contributed by atoms with Gasteiger partial charge in [-0.25, -0.2) is 0 Å². The smallest absolute Gasteiger partial charge is 0.00850 e. The van der Waals surface area contributed by atoms with Crippen molar-refractivity contribution in [3.63, 3.8) is 0 Å². The van der Waals surface area contributed by atoms with Gasteiger partial charge < -0.3 is 0 Å². The Morgan fingerprint density at radius 3 is 2.30 bits per heavy atom. The van der Waals surface area contributed by atoms with Crippen LogP contribution in [0.15, 0.2) is 11.6 Å². The zero-order valence-electron chi connectivity index (χ0n) is 21.9. The van der Waals surface area contributed by atoms with Crippen LogP contribution in [-0.4, -0.2) is 0 Å². The molecule has 0 radical (unpaired) electrons. The van der Waals surface area contributed by atoms with Gasteiger partial charge in [0, 0.05) is 0 Å². The largest absolute Gasteiger partial charge is 0.0845 e. The molecule has 0 spiro atoms. The Morgan fingerprint density at radius 2 is 1.60 bits per heavy atom. The molecule has 0 nitrogen and oxygen atoms in total. The van der Waals surface area contributed by atoms with Crippen LogP contribution in [0.5, 0.6) is 0 Å². The van der Waals surface area contributed by atoms with Gasteiger partial charge in [0.2, 0.25) is 0 Å². The van der Waals surface area contributed by atoms with E-state index in [2.05, 4.69) is 47.6 Å². The van der Waals surface area contributed by atoms with E-state index in [9.17, 15) is 0 Å². The second-order valence-electron chi connectivity index (χ2n) is 12.7. The van der Waals surface area contributed by atoms with Crippen molar-refractivity contribution in [2.45, 2.75) is 132 Å². The summed E-state index contributed by atoms with van der Waals surface area (Å²) < 4.78 is 0. The van der Waals surface area contributed by atoms with Crippen molar-refractivity contribution >= 4 is 0 Å². The van der Waals surface area contributed by atoms with Gasteiger partial charge >= 0.3 is 0 Å². The minimum Gasteiger partial charge on any atom is -0.0845 e. The zero-order valence-corrected chi connectivity index (χ0v) is 21.9. The number of hydrogen-bond acceptors (Lipinski definition) is 0. The van der Waals surface area contributed by atoms with Gasteiger partial charge in [-0.3, -0.25) is 0 Å². The zero-order chi connectivity index (χ0) is 22.2. The molecular weight excluding hydrogens is 360 g/mol. The highest BCUT2D eigenvalue weighted by Crippen LogP contribution is 2.72. The Labute approximate surface area is 190 Å². The molecule has 0 amide bonds. The lowest BCUT2D eigenvalue weighted by Gasteiger charge is -2.62. The van der Waals surface area contributed by atoms with E-state index in [-0.39, 0.29) is 0 Å². The number of hydrogen-bond donors (Lipinski definition) is 0. The summed E-state index contributed by atoms with van der Waals surface area (Å²) >= 11 is 0. The molecule has 4 aliphatic rings. The fourth-order valence-electron chi connectivity index (χ4n) is 8.76. The van der Waals surface area contributed by atoms with Crippen molar-refractivity contribution in [1.29, 1.82) is 0 Å². The molecule has 7 atom stereocenters. The topological polar surface area (TPSA) is 0 Å². The van der Waals surface area contributed by atoms with E-state index in [4.69, 9.17) is 0 Å². The molecule has 0 saturated heterocycles. The van der Waals surface area contributed by atoms with Crippen molar-refractivity contribution in [2.24, 2.45) is 45.8 Å². The van der Waals surface area contributed by atoms with Gasteiger partial charge in [0.25, 0.3) is 0 Å². The summed E-state index contributed by atoms with van der Waals surface area (Å²) in [5.41, 5.74) is 3.60. The predicted molar refractivity (Wildman–Crippen MR) is 134 cm³/mol. The molecule has 0 heteroatoms. The lowest BCUT2D eigenvalue weighted by molar-refractivity contribution is -0.106. The minimum atomic E-state index is 0.537. The van der Waals surface area contributed by atoms with Crippen LogP contribution >= 0.6 is 0 Å². The molecule has 3 saturated carbocycles. The van der Waals surface area contributed by atoms with Gasteiger partial charge in [-0.1, -0.05) is 86.3 Å². The van der Waals surface area contributed by atoms with Crippen molar-refractivity contribution in [2.75, 3.05) is 0 Å². The van der Waals surface area contributed by atoms with Crippen LogP contribution in [0.1, 0.15) is 132 Å². The third kappa shape index (κ3) is 3.96. The maximum absolute atomic E-state index is 2.75. The Morgan fingerprint density at radius 1 is 0.900 bits per heavy atom. The number of fused-ring (bicyclic) bond motifs is 5. The quantitative estimate of drug-likeness (QED) is 0.310. The molecule has 0 N–H and O–H groups in total. The molecule has 0 aliphatic heterocycles. The predicted octanol–water partition coefficient (Wildman–Crippen LogP) is 9.83. The van der Waals surface area contributed by atoms with Crippen molar-refractivity contribution in [3.05, 3.63) is 11.6 Å². The fraction of sp³-hybridized carbons (Fsp3) is 0.933. The van der Waals surface area contributed by atoms with Crippen molar-refractivity contribution in [3.8, 4) is 0 Å². The summed E-state index contributed by atoms with van der Waals surface area (Å²) in [5, 5.41) is 0. The molecule has 0 heterocycles. The fourth-order valence-corrected chi connectivity index (χ4v) is 8.76. The molecule has 4 rings (SSSR count). The van der Waals surface area contributed by atoms with Crippen molar-refractivity contribution < 1.29 is 0 Å². The summed E-state index contributed by atoms with van der Waals surface area (Å²) in [5.74, 6) is 4.71. The summed E-state index contributed by atoms with van der Waals surface area (Å²) in [6.45, 7) is 19.4. The maximum atomic E-state index is 2.75. The first-order valence-electron chi connectivity index (χ1n) is 13.9. The summed E-state index contributed by atoms with van der Waals surface area (Å²) in [4.78, 5) is 0. The highest BCUT2D eigenvalue weighted by Gasteiger charge is 2.63. The summed E-state index contributed by atoms with van der Waals surface area (Å²) in [7, 11) is 0. The second-order valence-corrected chi connectivity index (χ2v) is 12.7. The summed E-state index contributed by atoms with van der Waals surface area (Å²) in [6.07, 6.45) is 20.4. The Kier molecular flexibility index (Phi) is 7.57. The minimum absolute atomic E-state index is 0.537. The van der Waals surface area contributed by atoms with Gasteiger partial charge in [0.15, 0.2) is 0 Å². The van der Waals surface area contributed by atoms with Crippen LogP contribution in [0.4, 0.5) is 0 Å². The normalized spacial score (nSPS) is 45.0. The number of allylic oxidation sites excluding steroid dienone is 2. The van der Waals surface area contributed by atoms with E-state index in [1.807, 2.05) is 19.4 Å². The lowest BCUT2D eigenvalue weighted by atomic mass is 9.42. The van der Waals surface area contributed by atoms with Crippen molar-refractivity contribution in [1.82, 2.24) is 0 Å². The third-order valence-corrected chi connectivity index (χ3v) is 11.0. The molecule has 0 bridgehead atoms. The molecule has 3 fully saturated rings. The average molecular weight is 415 g/mol. The monoisotopic (exact) mass is 414 g/mol. The first-order chi connectivity index (χ1) is 14.2. The van der Waals surface area contributed by atoms with E-state index < -0.39 is 0 Å². The van der Waals surface area contributed by atoms with Gasteiger partial charge in [0.05, 0.1) is 0 Å². The molecule has 0 aromatic carbocycles. The molecule has 0 aromatic heterocycles. The van der Waals surface area contributed by atoms with Crippen LogP contribution in [0.3, 0.4) is 0 Å². The molecule has 4 aliphatic carbocycles. The first kappa shape index (κ1) is 24.4. The first-order valence-corrected chi connectivity index (χ1v) is 13.9. The molecule has 174 valence electrons. The van der Waals surface area contributed by atoms with Crippen LogP contribution in [0, 0.1) is 45.8 Å². The standard InChI is InChI=1S/C28H48.C2H6/c1-20(2)9-7-8-10-22-14-17-28(6)25-12-11-23-19-21(3)13-16-26(23,4)24(25)15-18-27(22,28)5;1-2/h11,20-22,24-25H,7-10,12-19H2,1-6H3;1-2H3. The Hall–Kier alpha value is -0.260. The SMILES string of the molecule is CC.CC(C)CCCCC1CCC2(C)C3CC=C4CC(C)CCC4(C)C3CCC12C. The van der Waals surface area contributed by atoms with Crippen LogP contribution in [-0.2, 0) is 0 Å². The van der Waals surface area contributed by atoms with Gasteiger partial charge in [-0.15, -0.1) is 0 Å². The molecule has 30 heavy (non-hydrogen) atoms. The van der Waals surface area contributed by atoms with E-state index in [0.717, 1.165) is 29.6 Å². The summed E-state index contributed by atoms with van der Waals surface area (Å²) in [6, 6.07) is 0. The highest BCUT2D eigenvalue weighted by atomic mass is 14.7. The van der Waals surface area contributed by atoms with E-state index in [1.54, 1.807) is 0 Å². The van der Waals surface area contributed by atoms with E-state index >= 15 is 0 Å². The average Bonchev–Trinajstić information content (AvgIpc) is 2.98.